The molecule has 0 spiro atoms. The summed E-state index contributed by atoms with van der Waals surface area (Å²) in [6.07, 6.45) is 1.48. The maximum atomic E-state index is 10.6. The summed E-state index contributed by atoms with van der Waals surface area (Å²) in [5, 5.41) is 0. The van der Waals surface area contributed by atoms with Crippen LogP contribution in [0.5, 0.6) is 0 Å². The lowest BCUT2D eigenvalue weighted by Crippen LogP contribution is -2.35. The van der Waals surface area contributed by atoms with Crippen LogP contribution in [-0.4, -0.2) is 73.3 Å². The highest BCUT2D eigenvalue weighted by molar-refractivity contribution is 5.54. The van der Waals surface area contributed by atoms with Crippen LogP contribution in [0.2, 0.25) is 0 Å². The summed E-state index contributed by atoms with van der Waals surface area (Å²) in [6, 6.07) is 8.49. The average Bonchev–Trinajstić information content (AvgIpc) is 2.81. The molecule has 29 heavy (non-hydrogen) atoms. The SMILES string of the molecule is CC.CC(C)C.CCN1CCN(CC)CCN(Cc2ccc(CC=O)cc2)CC1. The van der Waals surface area contributed by atoms with E-state index < -0.39 is 0 Å². The number of carbonyl (C=O) groups is 1. The Hall–Kier alpha value is -1.23. The van der Waals surface area contributed by atoms with Gasteiger partial charge in [0.15, 0.2) is 0 Å². The fraction of sp³-hybridized carbons (Fsp3) is 0.720. The zero-order valence-corrected chi connectivity index (χ0v) is 20.3. The second-order valence-corrected chi connectivity index (χ2v) is 8.06. The number of aldehydes is 1. The van der Waals surface area contributed by atoms with E-state index in [2.05, 4.69) is 73.6 Å². The van der Waals surface area contributed by atoms with Gasteiger partial charge in [-0.1, -0.05) is 72.7 Å². The van der Waals surface area contributed by atoms with Crippen molar-refractivity contribution in [3.05, 3.63) is 35.4 Å². The van der Waals surface area contributed by atoms with Gasteiger partial charge in [-0.05, 0) is 30.1 Å². The fourth-order valence-corrected chi connectivity index (χ4v) is 3.11. The fourth-order valence-electron chi connectivity index (χ4n) is 3.11. The van der Waals surface area contributed by atoms with Gasteiger partial charge in [0.25, 0.3) is 0 Å². The van der Waals surface area contributed by atoms with Crippen molar-refractivity contribution in [3.63, 3.8) is 0 Å². The Morgan fingerprint density at radius 3 is 1.45 bits per heavy atom. The number of likely N-dealkylation sites (N-methyl/N-ethyl adjacent to an activating group) is 2. The van der Waals surface area contributed by atoms with E-state index in [4.69, 9.17) is 0 Å². The summed E-state index contributed by atoms with van der Waals surface area (Å²) in [5.74, 6) is 0.833. The van der Waals surface area contributed by atoms with Crippen LogP contribution in [0.15, 0.2) is 24.3 Å². The summed E-state index contributed by atoms with van der Waals surface area (Å²) in [5.41, 5.74) is 2.44. The molecule has 168 valence electrons. The Bertz CT molecular complexity index is 483. The molecule has 4 nitrogen and oxygen atoms in total. The van der Waals surface area contributed by atoms with E-state index in [0.29, 0.717) is 6.42 Å². The quantitative estimate of drug-likeness (QED) is 0.648. The molecule has 1 aliphatic rings. The first kappa shape index (κ1) is 27.8. The van der Waals surface area contributed by atoms with Gasteiger partial charge in [-0.15, -0.1) is 0 Å². The average molecular weight is 406 g/mol. The monoisotopic (exact) mass is 405 g/mol. The molecule has 1 aromatic rings. The van der Waals surface area contributed by atoms with Gasteiger partial charge in [0.1, 0.15) is 6.29 Å². The number of carbonyl (C=O) groups excluding carboxylic acids is 1. The number of rotatable bonds is 6. The third-order valence-corrected chi connectivity index (χ3v) is 4.84. The predicted molar refractivity (Wildman–Crippen MR) is 128 cm³/mol. The minimum atomic E-state index is 0.515. The van der Waals surface area contributed by atoms with Gasteiger partial charge in [0.05, 0.1) is 0 Å². The van der Waals surface area contributed by atoms with Gasteiger partial charge in [-0.3, -0.25) is 4.90 Å². The van der Waals surface area contributed by atoms with Gasteiger partial charge in [0, 0.05) is 52.2 Å². The van der Waals surface area contributed by atoms with E-state index in [1.54, 1.807) is 0 Å². The van der Waals surface area contributed by atoms with Gasteiger partial charge < -0.3 is 14.6 Å². The molecule has 1 saturated heterocycles. The second kappa shape index (κ2) is 17.6. The first-order valence-corrected chi connectivity index (χ1v) is 11.7. The molecule has 0 bridgehead atoms. The highest BCUT2D eigenvalue weighted by Crippen LogP contribution is 2.09. The van der Waals surface area contributed by atoms with Crippen LogP contribution in [0.1, 0.15) is 59.6 Å². The molecule has 1 aromatic carbocycles. The summed E-state index contributed by atoms with van der Waals surface area (Å²) in [6.45, 7) is 25.2. The summed E-state index contributed by atoms with van der Waals surface area (Å²) in [7, 11) is 0. The minimum Gasteiger partial charge on any atom is -0.303 e. The van der Waals surface area contributed by atoms with Crippen molar-refractivity contribution in [1.29, 1.82) is 0 Å². The molecule has 1 fully saturated rings. The van der Waals surface area contributed by atoms with E-state index in [1.807, 2.05) is 13.8 Å². The summed E-state index contributed by atoms with van der Waals surface area (Å²) < 4.78 is 0. The van der Waals surface area contributed by atoms with Crippen LogP contribution in [-0.2, 0) is 17.8 Å². The van der Waals surface area contributed by atoms with Crippen molar-refractivity contribution in [2.75, 3.05) is 52.4 Å². The van der Waals surface area contributed by atoms with Crippen LogP contribution in [0.3, 0.4) is 0 Å². The largest absolute Gasteiger partial charge is 0.303 e. The highest BCUT2D eigenvalue weighted by atomic mass is 16.1. The molecule has 0 amide bonds. The van der Waals surface area contributed by atoms with Gasteiger partial charge in [0.2, 0.25) is 0 Å². The van der Waals surface area contributed by atoms with Gasteiger partial charge in [-0.25, -0.2) is 0 Å². The molecule has 2 rings (SSSR count). The minimum absolute atomic E-state index is 0.515. The van der Waals surface area contributed by atoms with Crippen molar-refractivity contribution < 1.29 is 4.79 Å². The van der Waals surface area contributed by atoms with Crippen molar-refractivity contribution in [2.45, 2.75) is 61.4 Å². The first-order chi connectivity index (χ1) is 14.0. The highest BCUT2D eigenvalue weighted by Gasteiger charge is 2.14. The molecular formula is C25H47N3O. The number of benzene rings is 1. The molecular weight excluding hydrogens is 358 g/mol. The van der Waals surface area contributed by atoms with E-state index in [-0.39, 0.29) is 0 Å². The molecule has 4 heteroatoms. The smallest absolute Gasteiger partial charge is 0.124 e. The molecule has 0 radical (unpaired) electrons. The Balaban J connectivity index is 0.00000116. The van der Waals surface area contributed by atoms with Crippen LogP contribution in [0, 0.1) is 5.92 Å². The van der Waals surface area contributed by atoms with Gasteiger partial charge >= 0.3 is 0 Å². The molecule has 0 saturated carbocycles. The van der Waals surface area contributed by atoms with Crippen molar-refractivity contribution in [3.8, 4) is 0 Å². The lowest BCUT2D eigenvalue weighted by atomic mass is 10.1. The Labute approximate surface area is 181 Å². The van der Waals surface area contributed by atoms with E-state index in [9.17, 15) is 4.79 Å². The van der Waals surface area contributed by atoms with Crippen LogP contribution in [0.4, 0.5) is 0 Å². The molecule has 0 aliphatic carbocycles. The maximum Gasteiger partial charge on any atom is 0.124 e. The first-order valence-electron chi connectivity index (χ1n) is 11.7. The Morgan fingerprint density at radius 2 is 1.10 bits per heavy atom. The van der Waals surface area contributed by atoms with Gasteiger partial charge in [-0.2, -0.15) is 0 Å². The number of hydrogen-bond donors (Lipinski definition) is 0. The summed E-state index contributed by atoms with van der Waals surface area (Å²) in [4.78, 5) is 18.2. The molecule has 1 heterocycles. The zero-order chi connectivity index (χ0) is 22.1. The zero-order valence-electron chi connectivity index (χ0n) is 20.3. The van der Waals surface area contributed by atoms with E-state index in [1.165, 1.54) is 18.7 Å². The van der Waals surface area contributed by atoms with Crippen LogP contribution >= 0.6 is 0 Å². The molecule has 1 aliphatic heterocycles. The summed E-state index contributed by atoms with van der Waals surface area (Å²) >= 11 is 0. The van der Waals surface area contributed by atoms with Crippen LogP contribution in [0.25, 0.3) is 0 Å². The van der Waals surface area contributed by atoms with Crippen molar-refractivity contribution in [1.82, 2.24) is 14.7 Å². The van der Waals surface area contributed by atoms with E-state index >= 15 is 0 Å². The topological polar surface area (TPSA) is 26.8 Å². The molecule has 0 aromatic heterocycles. The van der Waals surface area contributed by atoms with E-state index in [0.717, 1.165) is 63.6 Å². The molecule has 0 N–H and O–H groups in total. The maximum absolute atomic E-state index is 10.6. The van der Waals surface area contributed by atoms with Crippen molar-refractivity contribution in [2.24, 2.45) is 5.92 Å². The predicted octanol–water partition coefficient (Wildman–Crippen LogP) is 4.58. The standard InChI is InChI=1S/C19H31N3O.C4H10.C2H6/c1-3-20-10-11-21(4-2)13-15-22(14-12-20)17-19-7-5-18(6-8-19)9-16-23;1-4(2)3;1-2/h5-8,16H,3-4,9-15,17H2,1-2H3;4H,1-3H3;1-2H3. The Kier molecular flexibility index (Phi) is 16.9. The lowest BCUT2D eigenvalue weighted by Gasteiger charge is -2.25. The molecule has 0 atom stereocenters. The third kappa shape index (κ3) is 13.6. The lowest BCUT2D eigenvalue weighted by molar-refractivity contribution is -0.107. The Morgan fingerprint density at radius 1 is 0.759 bits per heavy atom. The van der Waals surface area contributed by atoms with Crippen LogP contribution < -0.4 is 0 Å². The number of nitrogens with zero attached hydrogens (tertiary/aromatic N) is 3. The third-order valence-electron chi connectivity index (χ3n) is 4.84. The normalized spacial score (nSPS) is 16.6. The van der Waals surface area contributed by atoms with Crippen molar-refractivity contribution >= 4 is 6.29 Å². The number of hydrogen-bond acceptors (Lipinski definition) is 4. The second-order valence-electron chi connectivity index (χ2n) is 8.06. The molecule has 0 unspecified atom stereocenters.